The number of carbonyl (C=O) groups excluding carboxylic acids is 1. The lowest BCUT2D eigenvalue weighted by molar-refractivity contribution is -0.128. The van der Waals surface area contributed by atoms with E-state index in [4.69, 9.17) is 4.98 Å². The number of hydrogen-bond donors (Lipinski definition) is 1. The van der Waals surface area contributed by atoms with E-state index < -0.39 is 0 Å². The Kier molecular flexibility index (Phi) is 3.44. The molecule has 0 radical (unpaired) electrons. The predicted molar refractivity (Wildman–Crippen MR) is 92.0 cm³/mol. The van der Waals surface area contributed by atoms with Crippen molar-refractivity contribution in [2.24, 2.45) is 11.8 Å². The van der Waals surface area contributed by atoms with Crippen LogP contribution in [0.15, 0.2) is 35.1 Å². The molecule has 2 aliphatic rings. The number of nitrogens with zero attached hydrogens (tertiary/aromatic N) is 1. The van der Waals surface area contributed by atoms with Crippen LogP contribution in [0, 0.1) is 18.8 Å². The maximum atomic E-state index is 12.5. The molecule has 124 valence electrons. The molecule has 0 amide bonds. The second kappa shape index (κ2) is 5.40. The van der Waals surface area contributed by atoms with E-state index in [1.54, 1.807) is 0 Å². The normalized spacial score (nSPS) is 29.0. The zero-order chi connectivity index (χ0) is 16.9. The SMILES string of the molecule is Cc1nc2c(c(=O)[nH]1)CC[C@H]1[C@H](C)C(=O)CC[C@]21c1ccccc1. The summed E-state index contributed by atoms with van der Waals surface area (Å²) in [6, 6.07) is 10.3. The van der Waals surface area contributed by atoms with E-state index in [-0.39, 0.29) is 22.8 Å². The Balaban J connectivity index is 2.04. The summed E-state index contributed by atoms with van der Waals surface area (Å²) >= 11 is 0. The van der Waals surface area contributed by atoms with Crippen LogP contribution in [0.1, 0.15) is 48.8 Å². The van der Waals surface area contributed by atoms with Crippen LogP contribution in [0.5, 0.6) is 0 Å². The Morgan fingerprint density at radius 2 is 1.92 bits per heavy atom. The molecule has 1 aromatic heterocycles. The molecule has 4 rings (SSSR count). The third kappa shape index (κ3) is 2.02. The summed E-state index contributed by atoms with van der Waals surface area (Å²) in [5.74, 6) is 1.21. The average molecular weight is 322 g/mol. The molecule has 1 heterocycles. The van der Waals surface area contributed by atoms with Gasteiger partial charge in [-0.15, -0.1) is 0 Å². The standard InChI is InChI=1S/C20H22N2O2/c1-12-16-9-8-15-18(21-13(2)22-19(15)24)20(16,11-10-17(12)23)14-6-4-3-5-7-14/h3-7,12,16H,8-11H2,1-2H3,(H,21,22,24)/t12-,16-,20+/m0/s1. The zero-order valence-electron chi connectivity index (χ0n) is 14.1. The first kappa shape index (κ1) is 15.3. The zero-order valence-corrected chi connectivity index (χ0v) is 14.1. The first-order valence-electron chi connectivity index (χ1n) is 8.72. The molecule has 0 aliphatic heterocycles. The number of rotatable bonds is 1. The topological polar surface area (TPSA) is 62.8 Å². The molecule has 0 unspecified atom stereocenters. The van der Waals surface area contributed by atoms with E-state index >= 15 is 0 Å². The maximum Gasteiger partial charge on any atom is 0.254 e. The molecule has 0 saturated heterocycles. The van der Waals surface area contributed by atoms with Crippen molar-refractivity contribution in [3.05, 3.63) is 63.3 Å². The molecular formula is C20H22N2O2. The summed E-state index contributed by atoms with van der Waals surface area (Å²) in [6.07, 6.45) is 2.87. The van der Waals surface area contributed by atoms with Crippen LogP contribution in [0.25, 0.3) is 0 Å². The van der Waals surface area contributed by atoms with Crippen molar-refractivity contribution < 1.29 is 4.79 Å². The Hall–Kier alpha value is -2.23. The number of aryl methyl sites for hydroxylation is 1. The van der Waals surface area contributed by atoms with Crippen LogP contribution in [0.4, 0.5) is 0 Å². The second-order valence-corrected chi connectivity index (χ2v) is 7.22. The number of aromatic amines is 1. The first-order valence-corrected chi connectivity index (χ1v) is 8.72. The molecule has 0 bridgehead atoms. The van der Waals surface area contributed by atoms with Gasteiger partial charge in [-0.3, -0.25) is 9.59 Å². The Morgan fingerprint density at radius 1 is 1.17 bits per heavy atom. The molecule has 4 heteroatoms. The van der Waals surface area contributed by atoms with Gasteiger partial charge in [0.15, 0.2) is 0 Å². The van der Waals surface area contributed by atoms with Crippen LogP contribution in [-0.4, -0.2) is 15.8 Å². The van der Waals surface area contributed by atoms with Gasteiger partial charge in [0.25, 0.3) is 5.56 Å². The number of ketones is 1. The number of carbonyl (C=O) groups is 1. The van der Waals surface area contributed by atoms with E-state index in [0.717, 1.165) is 24.1 Å². The van der Waals surface area contributed by atoms with Gasteiger partial charge < -0.3 is 4.98 Å². The molecule has 24 heavy (non-hydrogen) atoms. The van der Waals surface area contributed by atoms with Gasteiger partial charge in [-0.25, -0.2) is 4.98 Å². The average Bonchev–Trinajstić information content (AvgIpc) is 2.58. The molecule has 4 nitrogen and oxygen atoms in total. The quantitative estimate of drug-likeness (QED) is 0.878. The minimum atomic E-state index is -0.318. The van der Waals surface area contributed by atoms with Crippen molar-refractivity contribution >= 4 is 5.78 Å². The van der Waals surface area contributed by atoms with Gasteiger partial charge in [-0.1, -0.05) is 37.3 Å². The number of fused-ring (bicyclic) bond motifs is 3. The lowest BCUT2D eigenvalue weighted by Gasteiger charge is -2.50. The fourth-order valence-electron chi connectivity index (χ4n) is 4.92. The number of aromatic nitrogens is 2. The fraction of sp³-hybridized carbons (Fsp3) is 0.450. The third-order valence-electron chi connectivity index (χ3n) is 6.06. The van der Waals surface area contributed by atoms with Crippen molar-refractivity contribution in [2.75, 3.05) is 0 Å². The summed E-state index contributed by atoms with van der Waals surface area (Å²) in [5, 5.41) is 0. The second-order valence-electron chi connectivity index (χ2n) is 7.22. The van der Waals surface area contributed by atoms with Gasteiger partial charge >= 0.3 is 0 Å². The Morgan fingerprint density at radius 3 is 2.67 bits per heavy atom. The summed E-state index contributed by atoms with van der Waals surface area (Å²) in [5.41, 5.74) is 2.57. The molecule has 3 atom stereocenters. The van der Waals surface area contributed by atoms with Crippen molar-refractivity contribution in [3.8, 4) is 0 Å². The van der Waals surface area contributed by atoms with Crippen molar-refractivity contribution in [1.82, 2.24) is 9.97 Å². The van der Waals surface area contributed by atoms with Crippen LogP contribution in [0.3, 0.4) is 0 Å². The molecule has 1 aromatic carbocycles. The summed E-state index contributed by atoms with van der Waals surface area (Å²) in [4.78, 5) is 32.5. The Labute approximate surface area is 141 Å². The van der Waals surface area contributed by atoms with Crippen molar-refractivity contribution in [1.29, 1.82) is 0 Å². The van der Waals surface area contributed by atoms with E-state index in [9.17, 15) is 9.59 Å². The monoisotopic (exact) mass is 322 g/mol. The van der Waals surface area contributed by atoms with Gasteiger partial charge in [0.1, 0.15) is 11.6 Å². The van der Waals surface area contributed by atoms with E-state index in [2.05, 4.69) is 24.0 Å². The number of benzene rings is 1. The number of H-pyrrole nitrogens is 1. The van der Waals surface area contributed by atoms with Crippen molar-refractivity contribution in [2.45, 2.75) is 44.9 Å². The summed E-state index contributed by atoms with van der Waals surface area (Å²) < 4.78 is 0. The van der Waals surface area contributed by atoms with Crippen LogP contribution in [0.2, 0.25) is 0 Å². The molecule has 1 N–H and O–H groups in total. The maximum absolute atomic E-state index is 12.5. The van der Waals surface area contributed by atoms with E-state index in [1.165, 1.54) is 5.56 Å². The summed E-state index contributed by atoms with van der Waals surface area (Å²) in [7, 11) is 0. The van der Waals surface area contributed by atoms with Crippen molar-refractivity contribution in [3.63, 3.8) is 0 Å². The number of hydrogen-bond acceptors (Lipinski definition) is 3. The van der Waals surface area contributed by atoms with E-state index in [1.807, 2.05) is 25.1 Å². The first-order chi connectivity index (χ1) is 11.5. The summed E-state index contributed by atoms with van der Waals surface area (Å²) in [6.45, 7) is 3.89. The minimum Gasteiger partial charge on any atom is -0.311 e. The van der Waals surface area contributed by atoms with Gasteiger partial charge in [0.05, 0.1) is 5.69 Å². The fourth-order valence-corrected chi connectivity index (χ4v) is 4.92. The highest BCUT2D eigenvalue weighted by Gasteiger charge is 2.53. The van der Waals surface area contributed by atoms with Gasteiger partial charge in [0, 0.05) is 23.3 Å². The molecule has 1 saturated carbocycles. The van der Waals surface area contributed by atoms with Gasteiger partial charge in [0.2, 0.25) is 0 Å². The molecule has 2 aromatic rings. The highest BCUT2D eigenvalue weighted by atomic mass is 16.1. The van der Waals surface area contributed by atoms with E-state index in [0.29, 0.717) is 24.4 Å². The van der Waals surface area contributed by atoms with Crippen LogP contribution in [-0.2, 0) is 16.6 Å². The van der Waals surface area contributed by atoms with Gasteiger partial charge in [-0.05, 0) is 37.7 Å². The molecular weight excluding hydrogens is 300 g/mol. The number of nitrogens with one attached hydrogen (secondary N) is 1. The number of Topliss-reactive ketones (excluding diaryl/α,β-unsaturated/α-hetero) is 1. The van der Waals surface area contributed by atoms with Crippen LogP contribution < -0.4 is 5.56 Å². The highest BCUT2D eigenvalue weighted by Crippen LogP contribution is 2.53. The molecule has 2 aliphatic carbocycles. The largest absolute Gasteiger partial charge is 0.311 e. The minimum absolute atomic E-state index is 0.00787. The lowest BCUT2D eigenvalue weighted by Crippen LogP contribution is -2.51. The Bertz CT molecular complexity index is 856. The molecule has 1 fully saturated rings. The lowest BCUT2D eigenvalue weighted by atomic mass is 9.53. The highest BCUT2D eigenvalue weighted by molar-refractivity contribution is 5.83. The predicted octanol–water partition coefficient (Wildman–Crippen LogP) is 2.93. The van der Waals surface area contributed by atoms with Crippen LogP contribution >= 0.6 is 0 Å². The smallest absolute Gasteiger partial charge is 0.254 e. The van der Waals surface area contributed by atoms with Gasteiger partial charge in [-0.2, -0.15) is 0 Å². The molecule has 0 spiro atoms. The third-order valence-corrected chi connectivity index (χ3v) is 6.06.